The van der Waals surface area contributed by atoms with Crippen molar-refractivity contribution in [2.24, 2.45) is 17.1 Å². The number of hydrogen-bond donors (Lipinski definition) is 1. The van der Waals surface area contributed by atoms with Crippen LogP contribution < -0.4 is 5.73 Å². The lowest BCUT2D eigenvalue weighted by Crippen LogP contribution is -2.40. The lowest BCUT2D eigenvalue weighted by atomic mass is 9.68. The third kappa shape index (κ3) is 3.14. The smallest absolute Gasteiger partial charge is 0.00707 e. The summed E-state index contributed by atoms with van der Waals surface area (Å²) >= 11 is 0. The molecule has 0 aliphatic heterocycles. The molecule has 0 aromatic heterocycles. The highest BCUT2D eigenvalue weighted by atomic mass is 14.7. The summed E-state index contributed by atoms with van der Waals surface area (Å²) in [5.41, 5.74) is 11.0. The van der Waals surface area contributed by atoms with Gasteiger partial charge in [0.25, 0.3) is 0 Å². The van der Waals surface area contributed by atoms with Crippen LogP contribution in [0.2, 0.25) is 0 Å². The quantitative estimate of drug-likeness (QED) is 0.837. The zero-order valence-electron chi connectivity index (χ0n) is 12.3. The Kier molecular flexibility index (Phi) is 3.82. The van der Waals surface area contributed by atoms with Crippen molar-refractivity contribution in [3.63, 3.8) is 0 Å². The Morgan fingerprint density at radius 3 is 2.61 bits per heavy atom. The van der Waals surface area contributed by atoms with Gasteiger partial charge in [-0.15, -0.1) is 0 Å². The topological polar surface area (TPSA) is 26.0 Å². The lowest BCUT2D eigenvalue weighted by Gasteiger charge is -2.39. The van der Waals surface area contributed by atoms with Gasteiger partial charge in [0.1, 0.15) is 0 Å². The van der Waals surface area contributed by atoms with Gasteiger partial charge in [0.2, 0.25) is 0 Å². The Labute approximate surface area is 112 Å². The maximum Gasteiger partial charge on any atom is 0.00707 e. The fourth-order valence-electron chi connectivity index (χ4n) is 3.21. The molecule has 1 fully saturated rings. The molecule has 2 N–H and O–H groups in total. The Morgan fingerprint density at radius 2 is 1.94 bits per heavy atom. The van der Waals surface area contributed by atoms with Crippen LogP contribution >= 0.6 is 0 Å². The molecular formula is C17H27N. The highest BCUT2D eigenvalue weighted by Gasteiger charge is 2.32. The number of hydrogen-bond acceptors (Lipinski definition) is 1. The first-order valence-electron chi connectivity index (χ1n) is 7.19. The molecule has 0 bridgehead atoms. The molecule has 1 aromatic carbocycles. The van der Waals surface area contributed by atoms with E-state index in [0.29, 0.717) is 17.4 Å². The predicted octanol–water partition coefficient (Wildman–Crippen LogP) is 4.00. The van der Waals surface area contributed by atoms with Crippen LogP contribution in [0.25, 0.3) is 0 Å². The Bertz CT molecular complexity index is 420. The average molecular weight is 245 g/mol. The zero-order chi connectivity index (χ0) is 13.3. The van der Waals surface area contributed by atoms with Gasteiger partial charge >= 0.3 is 0 Å². The minimum Gasteiger partial charge on any atom is -0.327 e. The summed E-state index contributed by atoms with van der Waals surface area (Å²) in [4.78, 5) is 0. The second-order valence-corrected chi connectivity index (χ2v) is 6.95. The van der Waals surface area contributed by atoms with E-state index in [1.807, 2.05) is 0 Å². The van der Waals surface area contributed by atoms with Crippen LogP contribution in [0.1, 0.15) is 49.8 Å². The Balaban J connectivity index is 2.09. The van der Waals surface area contributed by atoms with Crippen molar-refractivity contribution in [2.45, 2.75) is 59.4 Å². The molecule has 0 spiro atoms. The van der Waals surface area contributed by atoms with Crippen molar-refractivity contribution < 1.29 is 0 Å². The molecule has 2 atom stereocenters. The van der Waals surface area contributed by atoms with Crippen molar-refractivity contribution in [3.8, 4) is 0 Å². The molecular weight excluding hydrogens is 218 g/mol. The molecule has 1 nitrogen and oxygen atoms in total. The molecule has 0 heterocycles. The minimum absolute atomic E-state index is 0.389. The van der Waals surface area contributed by atoms with Crippen LogP contribution in [0.5, 0.6) is 0 Å². The van der Waals surface area contributed by atoms with Crippen LogP contribution in [-0.4, -0.2) is 6.04 Å². The van der Waals surface area contributed by atoms with E-state index < -0.39 is 0 Å². The first kappa shape index (κ1) is 13.6. The van der Waals surface area contributed by atoms with Crippen molar-refractivity contribution in [1.82, 2.24) is 0 Å². The van der Waals surface area contributed by atoms with Gasteiger partial charge in [-0.2, -0.15) is 0 Å². The van der Waals surface area contributed by atoms with E-state index in [-0.39, 0.29) is 0 Å². The first-order chi connectivity index (χ1) is 8.37. The molecule has 1 aliphatic carbocycles. The van der Waals surface area contributed by atoms with Gasteiger partial charge in [-0.05, 0) is 67.6 Å². The summed E-state index contributed by atoms with van der Waals surface area (Å²) in [5, 5.41) is 0. The van der Waals surface area contributed by atoms with Crippen LogP contribution in [0, 0.1) is 25.2 Å². The van der Waals surface area contributed by atoms with Crippen LogP contribution in [0.3, 0.4) is 0 Å². The van der Waals surface area contributed by atoms with Gasteiger partial charge in [0, 0.05) is 6.04 Å². The molecule has 100 valence electrons. The molecule has 1 aromatic rings. The van der Waals surface area contributed by atoms with Gasteiger partial charge in [0.15, 0.2) is 0 Å². The highest BCUT2D eigenvalue weighted by molar-refractivity contribution is 5.30. The van der Waals surface area contributed by atoms with Crippen LogP contribution in [0.4, 0.5) is 0 Å². The van der Waals surface area contributed by atoms with Gasteiger partial charge in [-0.3, -0.25) is 0 Å². The summed E-state index contributed by atoms with van der Waals surface area (Å²) < 4.78 is 0. The van der Waals surface area contributed by atoms with Crippen molar-refractivity contribution in [1.29, 1.82) is 0 Å². The number of nitrogens with two attached hydrogens (primary N) is 1. The predicted molar refractivity (Wildman–Crippen MR) is 78.7 cm³/mol. The standard InChI is InChI=1S/C17H27N/c1-12-5-6-14(9-13(12)2)10-15-11-17(3,4)8-7-16(15)18/h5-6,9,15-16H,7-8,10-11,18H2,1-4H3. The summed E-state index contributed by atoms with van der Waals surface area (Å²) in [6, 6.07) is 7.24. The first-order valence-corrected chi connectivity index (χ1v) is 7.19. The monoisotopic (exact) mass is 245 g/mol. The zero-order valence-corrected chi connectivity index (χ0v) is 12.3. The normalized spacial score (nSPS) is 27.2. The molecule has 1 aliphatic rings. The number of benzene rings is 1. The molecule has 0 saturated heterocycles. The fourth-order valence-corrected chi connectivity index (χ4v) is 3.21. The molecule has 2 rings (SSSR count). The second-order valence-electron chi connectivity index (χ2n) is 6.95. The summed E-state index contributed by atoms with van der Waals surface area (Å²) in [6.07, 6.45) is 4.87. The van der Waals surface area contributed by atoms with E-state index in [1.165, 1.54) is 36.0 Å². The average Bonchev–Trinajstić information content (AvgIpc) is 2.28. The van der Waals surface area contributed by atoms with E-state index in [0.717, 1.165) is 6.42 Å². The Hall–Kier alpha value is -0.820. The van der Waals surface area contributed by atoms with E-state index in [1.54, 1.807) is 0 Å². The molecule has 2 unspecified atom stereocenters. The van der Waals surface area contributed by atoms with Crippen molar-refractivity contribution in [3.05, 3.63) is 34.9 Å². The molecule has 1 heteroatoms. The van der Waals surface area contributed by atoms with Crippen LogP contribution in [0.15, 0.2) is 18.2 Å². The highest BCUT2D eigenvalue weighted by Crippen LogP contribution is 2.39. The van der Waals surface area contributed by atoms with Gasteiger partial charge in [-0.1, -0.05) is 32.0 Å². The third-order valence-corrected chi connectivity index (χ3v) is 4.64. The Morgan fingerprint density at radius 1 is 1.22 bits per heavy atom. The van der Waals surface area contributed by atoms with E-state index in [4.69, 9.17) is 5.73 Å². The summed E-state index contributed by atoms with van der Waals surface area (Å²) in [6.45, 7) is 9.14. The second kappa shape index (κ2) is 5.05. The number of aryl methyl sites for hydroxylation is 2. The van der Waals surface area contributed by atoms with Gasteiger partial charge in [0.05, 0.1) is 0 Å². The van der Waals surface area contributed by atoms with Crippen LogP contribution in [-0.2, 0) is 6.42 Å². The summed E-state index contributed by atoms with van der Waals surface area (Å²) in [7, 11) is 0. The molecule has 18 heavy (non-hydrogen) atoms. The maximum atomic E-state index is 6.32. The summed E-state index contributed by atoms with van der Waals surface area (Å²) in [5.74, 6) is 0.649. The van der Waals surface area contributed by atoms with Crippen molar-refractivity contribution >= 4 is 0 Å². The SMILES string of the molecule is Cc1ccc(CC2CC(C)(C)CCC2N)cc1C. The van der Waals surface area contributed by atoms with E-state index in [2.05, 4.69) is 45.9 Å². The van der Waals surface area contributed by atoms with Gasteiger partial charge in [-0.25, -0.2) is 0 Å². The lowest BCUT2D eigenvalue weighted by molar-refractivity contribution is 0.157. The van der Waals surface area contributed by atoms with Gasteiger partial charge < -0.3 is 5.73 Å². The molecule has 0 amide bonds. The van der Waals surface area contributed by atoms with Crippen molar-refractivity contribution in [2.75, 3.05) is 0 Å². The molecule has 0 radical (unpaired) electrons. The minimum atomic E-state index is 0.389. The van der Waals surface area contributed by atoms with E-state index in [9.17, 15) is 0 Å². The molecule has 1 saturated carbocycles. The maximum absolute atomic E-state index is 6.32. The van der Waals surface area contributed by atoms with E-state index >= 15 is 0 Å². The number of rotatable bonds is 2. The largest absolute Gasteiger partial charge is 0.327 e. The fraction of sp³-hybridized carbons (Fsp3) is 0.647. The third-order valence-electron chi connectivity index (χ3n) is 4.64.